The van der Waals surface area contributed by atoms with Gasteiger partial charge >= 0.3 is 0 Å². The highest BCUT2D eigenvalue weighted by Crippen LogP contribution is 2.43. The number of nitriles is 1. The van der Waals surface area contributed by atoms with Gasteiger partial charge in [0.15, 0.2) is 0 Å². The average molecular weight is 286 g/mol. The van der Waals surface area contributed by atoms with Gasteiger partial charge in [0.1, 0.15) is 0 Å². The smallest absolute Gasteiger partial charge is 0.258 e. The van der Waals surface area contributed by atoms with E-state index in [0.717, 1.165) is 43.6 Å². The van der Waals surface area contributed by atoms with Gasteiger partial charge in [0.2, 0.25) is 0 Å². The third-order valence-electron chi connectivity index (χ3n) is 4.94. The summed E-state index contributed by atoms with van der Waals surface area (Å²) >= 11 is 0. The Morgan fingerprint density at radius 3 is 2.62 bits per heavy atom. The van der Waals surface area contributed by atoms with E-state index in [0.29, 0.717) is 6.42 Å². The molecule has 0 bridgehead atoms. The Hall–Kier alpha value is -1.89. The van der Waals surface area contributed by atoms with Crippen LogP contribution in [0.15, 0.2) is 24.3 Å². The number of aryl methyl sites for hydroxylation is 1. The molecule has 1 aromatic carbocycles. The lowest BCUT2D eigenvalue weighted by Crippen LogP contribution is -2.26. The molecule has 1 aliphatic rings. The number of hydrogen-bond acceptors (Lipinski definition) is 3. The van der Waals surface area contributed by atoms with Crippen LogP contribution in [-0.2, 0) is 6.42 Å². The number of nitro groups is 1. The van der Waals surface area contributed by atoms with Gasteiger partial charge in [0.05, 0.1) is 16.4 Å². The van der Waals surface area contributed by atoms with Crippen LogP contribution in [0.5, 0.6) is 0 Å². The second-order valence-corrected chi connectivity index (χ2v) is 6.13. The van der Waals surface area contributed by atoms with Crippen molar-refractivity contribution >= 4 is 5.69 Å². The summed E-state index contributed by atoms with van der Waals surface area (Å²) in [6, 6.07) is 9.38. The second kappa shape index (κ2) is 6.71. The minimum absolute atomic E-state index is 0.174. The Bertz CT molecular complexity index is 540. The molecule has 0 aliphatic heterocycles. The van der Waals surface area contributed by atoms with E-state index in [1.165, 1.54) is 6.42 Å². The number of para-hydroxylation sites is 1. The number of rotatable bonds is 5. The van der Waals surface area contributed by atoms with Crippen molar-refractivity contribution in [3.63, 3.8) is 0 Å². The first-order valence-electron chi connectivity index (χ1n) is 7.74. The van der Waals surface area contributed by atoms with Gasteiger partial charge < -0.3 is 0 Å². The third kappa shape index (κ3) is 3.60. The van der Waals surface area contributed by atoms with Gasteiger partial charge in [-0.05, 0) is 44.4 Å². The topological polar surface area (TPSA) is 66.9 Å². The van der Waals surface area contributed by atoms with Crippen molar-refractivity contribution in [2.75, 3.05) is 0 Å². The summed E-state index contributed by atoms with van der Waals surface area (Å²) in [6.07, 6.45) is 6.62. The highest BCUT2D eigenvalue weighted by molar-refractivity contribution is 5.40. The summed E-state index contributed by atoms with van der Waals surface area (Å²) in [4.78, 5) is 10.7. The maximum atomic E-state index is 11.0. The lowest BCUT2D eigenvalue weighted by molar-refractivity contribution is -0.385. The Balaban J connectivity index is 2.05. The normalized spacial score (nSPS) is 25.2. The molecule has 2 rings (SSSR count). The summed E-state index contributed by atoms with van der Waals surface area (Å²) in [5, 5.41) is 20.6. The number of nitro benzene ring substituents is 1. The van der Waals surface area contributed by atoms with E-state index < -0.39 is 0 Å². The highest BCUT2D eigenvalue weighted by atomic mass is 16.6. The van der Waals surface area contributed by atoms with Gasteiger partial charge in [-0.25, -0.2) is 0 Å². The lowest BCUT2D eigenvalue weighted by Gasteiger charge is -2.34. The molecular weight excluding hydrogens is 264 g/mol. The minimum atomic E-state index is -0.331. The quantitative estimate of drug-likeness (QED) is 0.585. The van der Waals surface area contributed by atoms with Gasteiger partial charge in [-0.3, -0.25) is 10.1 Å². The van der Waals surface area contributed by atoms with E-state index in [1.54, 1.807) is 18.2 Å². The van der Waals surface area contributed by atoms with Crippen LogP contribution in [-0.4, -0.2) is 4.92 Å². The molecule has 0 unspecified atom stereocenters. The maximum Gasteiger partial charge on any atom is 0.272 e. The molecule has 0 heterocycles. The van der Waals surface area contributed by atoms with E-state index in [4.69, 9.17) is 0 Å². The minimum Gasteiger partial charge on any atom is -0.258 e. The van der Waals surface area contributed by atoms with Crippen molar-refractivity contribution in [3.05, 3.63) is 39.9 Å². The molecule has 1 fully saturated rings. The zero-order chi connectivity index (χ0) is 15.3. The first kappa shape index (κ1) is 15.5. The molecule has 4 nitrogen and oxygen atoms in total. The third-order valence-corrected chi connectivity index (χ3v) is 4.94. The van der Waals surface area contributed by atoms with Crippen LogP contribution < -0.4 is 0 Å². The SMILES string of the molecule is CCC1CCC(C#N)(CCc2ccccc2[N+](=O)[O-])CC1. The van der Waals surface area contributed by atoms with Crippen LogP contribution in [0.1, 0.15) is 51.0 Å². The molecule has 0 radical (unpaired) electrons. The molecule has 0 saturated heterocycles. The summed E-state index contributed by atoms with van der Waals surface area (Å²) in [7, 11) is 0. The van der Waals surface area contributed by atoms with Crippen LogP contribution in [0.3, 0.4) is 0 Å². The molecule has 1 aliphatic carbocycles. The number of benzene rings is 1. The number of hydrogen-bond donors (Lipinski definition) is 0. The van der Waals surface area contributed by atoms with Crippen molar-refractivity contribution in [2.24, 2.45) is 11.3 Å². The zero-order valence-corrected chi connectivity index (χ0v) is 12.5. The summed E-state index contributed by atoms with van der Waals surface area (Å²) in [5.41, 5.74) is 0.637. The molecular formula is C17H22N2O2. The molecule has 4 heteroatoms. The van der Waals surface area contributed by atoms with E-state index in [1.807, 2.05) is 6.07 Å². The van der Waals surface area contributed by atoms with Crippen LogP contribution >= 0.6 is 0 Å². The summed E-state index contributed by atoms with van der Waals surface area (Å²) < 4.78 is 0. The lowest BCUT2D eigenvalue weighted by atomic mass is 9.68. The highest BCUT2D eigenvalue weighted by Gasteiger charge is 2.35. The zero-order valence-electron chi connectivity index (χ0n) is 12.5. The van der Waals surface area contributed by atoms with Crippen LogP contribution in [0.4, 0.5) is 5.69 Å². The van der Waals surface area contributed by atoms with Crippen LogP contribution in [0.2, 0.25) is 0 Å². The van der Waals surface area contributed by atoms with Crippen molar-refractivity contribution < 1.29 is 4.92 Å². The van der Waals surface area contributed by atoms with Gasteiger partial charge in [-0.1, -0.05) is 31.5 Å². The van der Waals surface area contributed by atoms with E-state index in [9.17, 15) is 15.4 Å². The van der Waals surface area contributed by atoms with Crippen molar-refractivity contribution in [2.45, 2.75) is 51.9 Å². The van der Waals surface area contributed by atoms with E-state index >= 15 is 0 Å². The molecule has 0 aromatic heterocycles. The predicted octanol–water partition coefficient (Wildman–Crippen LogP) is 4.64. The predicted molar refractivity (Wildman–Crippen MR) is 81.7 cm³/mol. The van der Waals surface area contributed by atoms with E-state index in [2.05, 4.69) is 13.0 Å². The van der Waals surface area contributed by atoms with E-state index in [-0.39, 0.29) is 16.0 Å². The van der Waals surface area contributed by atoms with Crippen molar-refractivity contribution in [3.8, 4) is 6.07 Å². The van der Waals surface area contributed by atoms with Gasteiger partial charge in [-0.2, -0.15) is 5.26 Å². The Labute approximate surface area is 125 Å². The summed E-state index contributed by atoms with van der Waals surface area (Å²) in [5.74, 6) is 0.748. The monoisotopic (exact) mass is 286 g/mol. The maximum absolute atomic E-state index is 11.0. The molecule has 1 aromatic rings. The van der Waals surface area contributed by atoms with Gasteiger partial charge in [-0.15, -0.1) is 0 Å². The van der Waals surface area contributed by atoms with Gasteiger partial charge in [0.25, 0.3) is 5.69 Å². The summed E-state index contributed by atoms with van der Waals surface area (Å²) in [6.45, 7) is 2.21. The molecule has 0 spiro atoms. The fourth-order valence-electron chi connectivity index (χ4n) is 3.33. The first-order valence-corrected chi connectivity index (χ1v) is 7.74. The first-order chi connectivity index (χ1) is 10.1. The van der Waals surface area contributed by atoms with Gasteiger partial charge in [0, 0.05) is 11.6 Å². The Morgan fingerprint density at radius 1 is 1.38 bits per heavy atom. The Morgan fingerprint density at radius 2 is 2.05 bits per heavy atom. The Kier molecular flexibility index (Phi) is 4.95. The molecule has 0 amide bonds. The molecule has 112 valence electrons. The molecule has 1 saturated carbocycles. The van der Waals surface area contributed by atoms with Crippen LogP contribution in [0, 0.1) is 32.8 Å². The fourth-order valence-corrected chi connectivity index (χ4v) is 3.33. The molecule has 21 heavy (non-hydrogen) atoms. The fraction of sp³-hybridized carbons (Fsp3) is 0.588. The molecule has 0 atom stereocenters. The van der Waals surface area contributed by atoms with Crippen LogP contribution in [0.25, 0.3) is 0 Å². The average Bonchev–Trinajstić information content (AvgIpc) is 2.53. The van der Waals surface area contributed by atoms with Crippen molar-refractivity contribution in [1.82, 2.24) is 0 Å². The number of nitrogens with zero attached hydrogens (tertiary/aromatic N) is 2. The standard InChI is InChI=1S/C17H22N2O2/c1-2-14-7-10-17(13-18,11-8-14)12-9-15-5-3-4-6-16(15)19(20)21/h3-6,14H,2,7-12H2,1H3. The second-order valence-electron chi connectivity index (χ2n) is 6.13. The van der Waals surface area contributed by atoms with Crippen molar-refractivity contribution in [1.29, 1.82) is 5.26 Å². The molecule has 0 N–H and O–H groups in total. The largest absolute Gasteiger partial charge is 0.272 e.